The summed E-state index contributed by atoms with van der Waals surface area (Å²) < 4.78 is 11.2. The van der Waals surface area contributed by atoms with Crippen LogP contribution in [0.25, 0.3) is 16.8 Å². The van der Waals surface area contributed by atoms with Gasteiger partial charge >= 0.3 is 0 Å². The summed E-state index contributed by atoms with van der Waals surface area (Å²) in [5.74, 6) is 1.13. The first kappa shape index (κ1) is 21.5. The highest BCUT2D eigenvalue weighted by molar-refractivity contribution is 8.26. The molecule has 0 spiro atoms. The number of amides is 2. The minimum Gasteiger partial charge on any atom is -0.454 e. The summed E-state index contributed by atoms with van der Waals surface area (Å²) in [6.07, 6.45) is 2.61. The lowest BCUT2D eigenvalue weighted by Gasteiger charge is -2.14. The first-order chi connectivity index (χ1) is 16.1. The molecule has 1 saturated heterocycles. The molecule has 0 atom stereocenters. The average Bonchev–Trinajstić information content (AvgIpc) is 3.39. The minimum atomic E-state index is -0.142. The minimum absolute atomic E-state index is 0.0901. The molecule has 1 fully saturated rings. The van der Waals surface area contributed by atoms with Gasteiger partial charge in [-0.3, -0.25) is 14.5 Å². The summed E-state index contributed by atoms with van der Waals surface area (Å²) in [6, 6.07) is 19.3. The fourth-order valence-corrected chi connectivity index (χ4v) is 5.10. The van der Waals surface area contributed by atoms with E-state index < -0.39 is 0 Å². The van der Waals surface area contributed by atoms with Crippen LogP contribution in [-0.2, 0) is 9.59 Å². The normalized spacial score (nSPS) is 16.1. The molecule has 0 radical (unpaired) electrons. The van der Waals surface area contributed by atoms with Gasteiger partial charge in [-0.25, -0.2) is 0 Å². The van der Waals surface area contributed by atoms with Gasteiger partial charge in [-0.05, 0) is 41.6 Å². The van der Waals surface area contributed by atoms with Gasteiger partial charge in [-0.2, -0.15) is 0 Å². The highest BCUT2D eigenvalue weighted by Crippen LogP contribution is 2.36. The largest absolute Gasteiger partial charge is 0.454 e. The standard InChI is InChI=1S/C25H20N2O4S2/c28-23(26-19-8-3-6-17-5-1-2-7-18(17)19)9-4-12-27-24(29)22(33-25(27)32)14-16-10-11-20-21(13-16)31-15-30-20/h1-3,5-8,10-11,13-14H,4,9,12,15H2,(H,26,28)/b22-14-. The molecule has 166 valence electrons. The van der Waals surface area contributed by atoms with Crippen LogP contribution < -0.4 is 14.8 Å². The van der Waals surface area contributed by atoms with Crippen molar-refractivity contribution in [2.75, 3.05) is 18.7 Å². The Morgan fingerprint density at radius 2 is 1.91 bits per heavy atom. The van der Waals surface area contributed by atoms with Crippen LogP contribution in [0.15, 0.2) is 65.6 Å². The molecule has 0 unspecified atom stereocenters. The van der Waals surface area contributed by atoms with E-state index in [0.717, 1.165) is 22.0 Å². The van der Waals surface area contributed by atoms with Gasteiger partial charge in [0.25, 0.3) is 5.91 Å². The molecule has 3 aromatic rings. The first-order valence-electron chi connectivity index (χ1n) is 10.5. The summed E-state index contributed by atoms with van der Waals surface area (Å²) in [4.78, 5) is 27.5. The molecular formula is C25H20N2O4S2. The Morgan fingerprint density at radius 1 is 1.09 bits per heavy atom. The molecule has 2 heterocycles. The Labute approximate surface area is 200 Å². The highest BCUT2D eigenvalue weighted by Gasteiger charge is 2.31. The lowest BCUT2D eigenvalue weighted by atomic mass is 10.1. The Bertz CT molecular complexity index is 1300. The average molecular weight is 477 g/mol. The predicted octanol–water partition coefficient (Wildman–Crippen LogP) is 5.19. The van der Waals surface area contributed by atoms with Crippen molar-refractivity contribution in [1.82, 2.24) is 4.90 Å². The second kappa shape index (κ2) is 9.25. The van der Waals surface area contributed by atoms with Gasteiger partial charge in [-0.15, -0.1) is 0 Å². The molecule has 2 amide bonds. The zero-order valence-corrected chi connectivity index (χ0v) is 19.2. The summed E-state index contributed by atoms with van der Waals surface area (Å²) in [5, 5.41) is 5.05. The van der Waals surface area contributed by atoms with E-state index in [1.807, 2.05) is 60.7 Å². The van der Waals surface area contributed by atoms with Crippen molar-refractivity contribution < 1.29 is 19.1 Å². The summed E-state index contributed by atoms with van der Waals surface area (Å²) >= 11 is 6.68. The third kappa shape index (κ3) is 4.58. The fraction of sp³-hybridized carbons (Fsp3) is 0.160. The number of carbonyl (C=O) groups excluding carboxylic acids is 2. The van der Waals surface area contributed by atoms with E-state index in [0.29, 0.717) is 40.1 Å². The molecular weight excluding hydrogens is 456 g/mol. The summed E-state index contributed by atoms with van der Waals surface area (Å²) in [6.45, 7) is 0.598. The predicted molar refractivity (Wildman–Crippen MR) is 134 cm³/mol. The van der Waals surface area contributed by atoms with E-state index in [-0.39, 0.29) is 18.6 Å². The Morgan fingerprint density at radius 3 is 2.82 bits per heavy atom. The molecule has 0 saturated carbocycles. The van der Waals surface area contributed by atoms with Gasteiger partial charge in [0, 0.05) is 24.0 Å². The van der Waals surface area contributed by atoms with Gasteiger partial charge in [0.2, 0.25) is 12.7 Å². The molecule has 1 N–H and O–H groups in total. The van der Waals surface area contributed by atoms with E-state index in [1.54, 1.807) is 11.0 Å². The maximum Gasteiger partial charge on any atom is 0.266 e. The molecule has 2 aliphatic heterocycles. The van der Waals surface area contributed by atoms with Gasteiger partial charge in [-0.1, -0.05) is 66.4 Å². The van der Waals surface area contributed by atoms with E-state index >= 15 is 0 Å². The molecule has 33 heavy (non-hydrogen) atoms. The topological polar surface area (TPSA) is 67.9 Å². The van der Waals surface area contributed by atoms with E-state index in [2.05, 4.69) is 5.32 Å². The van der Waals surface area contributed by atoms with Crippen molar-refractivity contribution in [2.45, 2.75) is 12.8 Å². The van der Waals surface area contributed by atoms with Crippen LogP contribution in [0.3, 0.4) is 0 Å². The SMILES string of the molecule is O=C(CCCN1C(=O)/C(=C/c2ccc3c(c2)OCO3)SC1=S)Nc1cccc2ccccc12. The molecule has 0 aliphatic carbocycles. The van der Waals surface area contributed by atoms with Crippen LogP contribution in [0.4, 0.5) is 5.69 Å². The van der Waals surface area contributed by atoms with Gasteiger partial charge in [0.1, 0.15) is 4.32 Å². The van der Waals surface area contributed by atoms with Crippen LogP contribution in [0.2, 0.25) is 0 Å². The maximum absolute atomic E-state index is 12.9. The van der Waals surface area contributed by atoms with Crippen LogP contribution in [-0.4, -0.2) is 34.4 Å². The molecule has 0 aromatic heterocycles. The molecule has 5 rings (SSSR count). The van der Waals surface area contributed by atoms with Crippen LogP contribution >= 0.6 is 24.0 Å². The third-order valence-electron chi connectivity index (χ3n) is 5.42. The van der Waals surface area contributed by atoms with E-state index in [4.69, 9.17) is 21.7 Å². The Kier molecular flexibility index (Phi) is 6.02. The summed E-state index contributed by atoms with van der Waals surface area (Å²) in [5.41, 5.74) is 1.63. The second-order valence-corrected chi connectivity index (χ2v) is 9.30. The second-order valence-electron chi connectivity index (χ2n) is 7.62. The van der Waals surface area contributed by atoms with Crippen molar-refractivity contribution in [3.63, 3.8) is 0 Å². The molecule has 3 aromatic carbocycles. The van der Waals surface area contributed by atoms with Crippen molar-refractivity contribution in [3.05, 3.63) is 71.1 Å². The number of nitrogens with zero attached hydrogens (tertiary/aromatic N) is 1. The van der Waals surface area contributed by atoms with Crippen LogP contribution in [0, 0.1) is 0 Å². The maximum atomic E-state index is 12.9. The van der Waals surface area contributed by atoms with Gasteiger partial charge in [0.15, 0.2) is 11.5 Å². The molecule has 8 heteroatoms. The quantitative estimate of drug-likeness (QED) is 0.390. The van der Waals surface area contributed by atoms with Crippen molar-refractivity contribution in [1.29, 1.82) is 0 Å². The first-order valence-corrected chi connectivity index (χ1v) is 11.7. The lowest BCUT2D eigenvalue weighted by molar-refractivity contribution is -0.122. The molecule has 0 bridgehead atoms. The number of ether oxygens (including phenoxy) is 2. The van der Waals surface area contributed by atoms with Crippen molar-refractivity contribution >= 4 is 62.7 Å². The zero-order chi connectivity index (χ0) is 22.8. The number of rotatable bonds is 6. The number of fused-ring (bicyclic) bond motifs is 2. The monoisotopic (exact) mass is 476 g/mol. The number of nitrogens with one attached hydrogen (secondary N) is 1. The zero-order valence-electron chi connectivity index (χ0n) is 17.6. The smallest absolute Gasteiger partial charge is 0.266 e. The summed E-state index contributed by atoms with van der Waals surface area (Å²) in [7, 11) is 0. The third-order valence-corrected chi connectivity index (χ3v) is 6.80. The number of hydrogen-bond donors (Lipinski definition) is 1. The van der Waals surface area contributed by atoms with Crippen LogP contribution in [0.5, 0.6) is 11.5 Å². The molecule has 6 nitrogen and oxygen atoms in total. The Balaban J connectivity index is 1.18. The van der Waals surface area contributed by atoms with Crippen molar-refractivity contribution in [3.8, 4) is 11.5 Å². The highest BCUT2D eigenvalue weighted by atomic mass is 32.2. The van der Waals surface area contributed by atoms with Crippen LogP contribution in [0.1, 0.15) is 18.4 Å². The number of thiocarbonyl (C=S) groups is 1. The van der Waals surface area contributed by atoms with Gasteiger partial charge in [0.05, 0.1) is 4.91 Å². The van der Waals surface area contributed by atoms with Crippen molar-refractivity contribution in [2.24, 2.45) is 0 Å². The van der Waals surface area contributed by atoms with E-state index in [9.17, 15) is 9.59 Å². The number of anilines is 1. The van der Waals surface area contributed by atoms with Gasteiger partial charge < -0.3 is 14.8 Å². The molecule has 2 aliphatic rings. The Hall–Kier alpha value is -3.36. The number of hydrogen-bond acceptors (Lipinski definition) is 6. The lowest BCUT2D eigenvalue weighted by Crippen LogP contribution is -2.29. The number of benzene rings is 3. The fourth-order valence-electron chi connectivity index (χ4n) is 3.79. The number of thioether (sulfide) groups is 1. The number of carbonyl (C=O) groups is 2. The van der Waals surface area contributed by atoms with E-state index in [1.165, 1.54) is 11.8 Å².